The van der Waals surface area contributed by atoms with Crippen molar-refractivity contribution in [3.8, 4) is 0 Å². The van der Waals surface area contributed by atoms with Crippen molar-refractivity contribution in [2.24, 2.45) is 0 Å². The number of nitrogens with zero attached hydrogens (tertiary/aromatic N) is 4. The number of carbonyl (C=O) groups is 2. The lowest BCUT2D eigenvalue weighted by atomic mass is 10.1. The van der Waals surface area contributed by atoms with Crippen molar-refractivity contribution >= 4 is 11.8 Å². The van der Waals surface area contributed by atoms with E-state index >= 15 is 0 Å². The van der Waals surface area contributed by atoms with Crippen LogP contribution in [0.5, 0.6) is 0 Å². The molecule has 2 amide bonds. The molecule has 0 bridgehead atoms. The lowest BCUT2D eigenvalue weighted by molar-refractivity contribution is -0.138. The average molecular weight is 439 g/mol. The van der Waals surface area contributed by atoms with Crippen LogP contribution >= 0.6 is 0 Å². The molecule has 2 aromatic rings. The van der Waals surface area contributed by atoms with E-state index in [1.807, 2.05) is 11.9 Å². The third kappa shape index (κ3) is 5.81. The number of alkyl halides is 3. The topological polar surface area (TPSA) is 91.6 Å². The van der Waals surface area contributed by atoms with Gasteiger partial charge in [-0.1, -0.05) is 22.4 Å². The Hall–Kier alpha value is -2.95. The van der Waals surface area contributed by atoms with Gasteiger partial charge < -0.3 is 10.2 Å². The Balaban J connectivity index is 1.50. The van der Waals surface area contributed by atoms with Gasteiger partial charge in [-0.15, -0.1) is 0 Å². The predicted octanol–water partition coefficient (Wildman–Crippen LogP) is 1.44. The summed E-state index contributed by atoms with van der Waals surface area (Å²) in [5.74, 6) is -0.388. The second-order valence-corrected chi connectivity index (χ2v) is 7.54. The fourth-order valence-corrected chi connectivity index (χ4v) is 3.36. The molecule has 11 heteroatoms. The Morgan fingerprint density at radius 1 is 1.19 bits per heavy atom. The van der Waals surface area contributed by atoms with Gasteiger partial charge in [0.05, 0.1) is 12.0 Å². The Bertz CT molecular complexity index is 914. The SMILES string of the molecule is Cc1nonc1CC(=O)N1CCN(C)C(C(=O)NCCc2ccc(C(F)(F)F)cc2)C1. The molecule has 168 valence electrons. The standard InChI is InChI=1S/C20H24F3N5O3/c1-13-16(26-31-25-13)11-18(29)28-10-9-27(2)17(12-28)19(30)24-8-7-14-3-5-15(6-4-14)20(21,22)23/h3-6,17H,7-12H2,1-2H3,(H,24,30). The van der Waals surface area contributed by atoms with Gasteiger partial charge in [0.2, 0.25) is 11.8 Å². The number of amides is 2. The summed E-state index contributed by atoms with van der Waals surface area (Å²) in [7, 11) is 1.81. The number of piperazine rings is 1. The molecule has 1 aromatic carbocycles. The van der Waals surface area contributed by atoms with E-state index in [1.165, 1.54) is 12.1 Å². The minimum atomic E-state index is -4.37. The molecule has 0 radical (unpaired) electrons. The van der Waals surface area contributed by atoms with Crippen molar-refractivity contribution in [3.63, 3.8) is 0 Å². The second-order valence-electron chi connectivity index (χ2n) is 7.54. The van der Waals surface area contributed by atoms with Crippen LogP contribution in [0.4, 0.5) is 13.2 Å². The minimum absolute atomic E-state index is 0.0569. The summed E-state index contributed by atoms with van der Waals surface area (Å²) in [6, 6.07) is 4.36. The smallest absolute Gasteiger partial charge is 0.354 e. The third-order valence-electron chi connectivity index (χ3n) is 5.36. The van der Waals surface area contributed by atoms with E-state index in [9.17, 15) is 22.8 Å². The van der Waals surface area contributed by atoms with E-state index in [0.717, 1.165) is 12.1 Å². The lowest BCUT2D eigenvalue weighted by Crippen LogP contribution is -2.59. The fourth-order valence-electron chi connectivity index (χ4n) is 3.36. The first-order chi connectivity index (χ1) is 14.6. The zero-order valence-corrected chi connectivity index (χ0v) is 17.3. The molecule has 0 spiro atoms. The van der Waals surface area contributed by atoms with E-state index < -0.39 is 17.8 Å². The van der Waals surface area contributed by atoms with Gasteiger partial charge in [-0.2, -0.15) is 13.2 Å². The minimum Gasteiger partial charge on any atom is -0.354 e. The first-order valence-electron chi connectivity index (χ1n) is 9.85. The van der Waals surface area contributed by atoms with E-state index in [2.05, 4.69) is 20.3 Å². The van der Waals surface area contributed by atoms with Crippen LogP contribution < -0.4 is 5.32 Å². The molecule has 1 N–H and O–H groups in total. The molecule has 31 heavy (non-hydrogen) atoms. The van der Waals surface area contributed by atoms with Crippen LogP contribution in [0, 0.1) is 6.92 Å². The summed E-state index contributed by atoms with van der Waals surface area (Å²) in [5.41, 5.74) is 1.02. The number of benzene rings is 1. The van der Waals surface area contributed by atoms with Crippen molar-refractivity contribution in [1.82, 2.24) is 25.4 Å². The molecule has 1 aliphatic heterocycles. The van der Waals surface area contributed by atoms with Gasteiger partial charge >= 0.3 is 6.18 Å². The number of rotatable bonds is 6. The zero-order chi connectivity index (χ0) is 22.6. The van der Waals surface area contributed by atoms with Crippen LogP contribution in [-0.2, 0) is 28.6 Å². The Morgan fingerprint density at radius 2 is 1.90 bits per heavy atom. The summed E-state index contributed by atoms with van der Waals surface area (Å²) in [6.07, 6.45) is -3.91. The van der Waals surface area contributed by atoms with Crippen molar-refractivity contribution < 1.29 is 27.4 Å². The fraction of sp³-hybridized carbons (Fsp3) is 0.500. The summed E-state index contributed by atoms with van der Waals surface area (Å²) in [5, 5.41) is 10.2. The Kier molecular flexibility index (Phi) is 6.94. The summed E-state index contributed by atoms with van der Waals surface area (Å²) in [6.45, 7) is 3.27. The molecule has 1 fully saturated rings. The number of halogens is 3. The van der Waals surface area contributed by atoms with Crippen LogP contribution in [-0.4, -0.2) is 71.2 Å². The largest absolute Gasteiger partial charge is 0.416 e. The second kappa shape index (κ2) is 9.46. The van der Waals surface area contributed by atoms with Crippen molar-refractivity contribution in [3.05, 3.63) is 46.8 Å². The van der Waals surface area contributed by atoms with Gasteiger partial charge in [0.25, 0.3) is 0 Å². The van der Waals surface area contributed by atoms with Crippen LogP contribution in [0.1, 0.15) is 22.5 Å². The quantitative estimate of drug-likeness (QED) is 0.733. The lowest BCUT2D eigenvalue weighted by Gasteiger charge is -2.38. The van der Waals surface area contributed by atoms with Crippen molar-refractivity contribution in [1.29, 1.82) is 0 Å². The summed E-state index contributed by atoms with van der Waals surface area (Å²) >= 11 is 0. The zero-order valence-electron chi connectivity index (χ0n) is 17.3. The number of aromatic nitrogens is 2. The number of likely N-dealkylation sites (N-methyl/N-ethyl adjacent to an activating group) is 1. The van der Waals surface area contributed by atoms with Crippen LogP contribution in [0.3, 0.4) is 0 Å². The Morgan fingerprint density at radius 3 is 2.52 bits per heavy atom. The Labute approximate surface area is 177 Å². The molecule has 2 heterocycles. The maximum atomic E-state index is 12.6. The molecular formula is C20H24F3N5O3. The van der Waals surface area contributed by atoms with E-state index in [0.29, 0.717) is 36.5 Å². The maximum Gasteiger partial charge on any atom is 0.416 e. The number of nitrogens with one attached hydrogen (secondary N) is 1. The monoisotopic (exact) mass is 439 g/mol. The highest BCUT2D eigenvalue weighted by atomic mass is 19.4. The van der Waals surface area contributed by atoms with E-state index in [1.54, 1.807) is 11.8 Å². The molecule has 1 aliphatic rings. The van der Waals surface area contributed by atoms with Gasteiger partial charge in [0.15, 0.2) is 0 Å². The highest BCUT2D eigenvalue weighted by Gasteiger charge is 2.32. The highest BCUT2D eigenvalue weighted by Crippen LogP contribution is 2.29. The molecule has 3 rings (SSSR count). The normalized spacial score (nSPS) is 17.6. The number of carbonyl (C=O) groups excluding carboxylic acids is 2. The van der Waals surface area contributed by atoms with Gasteiger partial charge in [-0.3, -0.25) is 14.5 Å². The average Bonchev–Trinajstić information content (AvgIpc) is 3.12. The van der Waals surface area contributed by atoms with Gasteiger partial charge in [0.1, 0.15) is 17.4 Å². The number of hydrogen-bond donors (Lipinski definition) is 1. The first-order valence-corrected chi connectivity index (χ1v) is 9.85. The van der Waals surface area contributed by atoms with Gasteiger partial charge in [-0.25, -0.2) is 4.63 Å². The molecular weight excluding hydrogens is 415 g/mol. The molecule has 1 aromatic heterocycles. The van der Waals surface area contributed by atoms with E-state index in [4.69, 9.17) is 0 Å². The van der Waals surface area contributed by atoms with Crippen molar-refractivity contribution in [2.75, 3.05) is 33.2 Å². The van der Waals surface area contributed by atoms with Crippen LogP contribution in [0.15, 0.2) is 28.9 Å². The first kappa shape index (κ1) is 22.7. The number of aryl methyl sites for hydroxylation is 1. The third-order valence-corrected chi connectivity index (χ3v) is 5.36. The molecule has 1 unspecified atom stereocenters. The maximum absolute atomic E-state index is 12.6. The summed E-state index contributed by atoms with van der Waals surface area (Å²) < 4.78 is 42.5. The van der Waals surface area contributed by atoms with Crippen LogP contribution in [0.2, 0.25) is 0 Å². The van der Waals surface area contributed by atoms with E-state index in [-0.39, 0.29) is 31.3 Å². The summed E-state index contributed by atoms with van der Waals surface area (Å²) in [4.78, 5) is 28.7. The van der Waals surface area contributed by atoms with Gasteiger partial charge in [-0.05, 0) is 38.1 Å². The molecule has 1 saturated heterocycles. The molecule has 0 aliphatic carbocycles. The number of hydrogen-bond acceptors (Lipinski definition) is 6. The van der Waals surface area contributed by atoms with Crippen LogP contribution in [0.25, 0.3) is 0 Å². The highest BCUT2D eigenvalue weighted by molar-refractivity contribution is 5.84. The predicted molar refractivity (Wildman–Crippen MR) is 104 cm³/mol. The molecule has 0 saturated carbocycles. The van der Waals surface area contributed by atoms with Gasteiger partial charge in [0, 0.05) is 26.2 Å². The molecule has 1 atom stereocenters. The molecule has 8 nitrogen and oxygen atoms in total. The van der Waals surface area contributed by atoms with Crippen molar-refractivity contribution in [2.45, 2.75) is 32.0 Å².